The zero-order valence-corrected chi connectivity index (χ0v) is 17.3. The monoisotopic (exact) mass is 451 g/mol. The molecule has 2 amide bonds. The molecule has 0 saturated carbocycles. The Kier molecular flexibility index (Phi) is 5.98. The molecule has 1 fully saturated rings. The van der Waals surface area contributed by atoms with Crippen molar-refractivity contribution in [3.8, 4) is 0 Å². The van der Waals surface area contributed by atoms with Gasteiger partial charge in [-0.2, -0.15) is 5.10 Å². The molecule has 0 aliphatic carbocycles. The zero-order valence-electron chi connectivity index (χ0n) is 17.3. The van der Waals surface area contributed by atoms with Gasteiger partial charge in [-0.15, -0.1) is 0 Å². The van der Waals surface area contributed by atoms with Crippen molar-refractivity contribution in [2.45, 2.75) is 38.8 Å². The summed E-state index contributed by atoms with van der Waals surface area (Å²) in [5.41, 5.74) is 1.19. The van der Waals surface area contributed by atoms with Gasteiger partial charge in [-0.3, -0.25) is 14.4 Å². The molecular weight excluding hydrogens is 428 g/mol. The van der Waals surface area contributed by atoms with Crippen molar-refractivity contribution in [1.29, 1.82) is 0 Å². The number of hydrogen-bond donors (Lipinski definition) is 3. The molecule has 1 aromatic carbocycles. The van der Waals surface area contributed by atoms with Crippen LogP contribution in [0.25, 0.3) is 0 Å². The number of aliphatic hydroxyl groups is 2. The standard InChI is InChI=1S/C20H23F2N5O5/c1-11(29)23-4-15-8-27(20(31)32-15)13-2-16(21)19(17(22)3-13)25-5-12-6-26(7-14(30)10-28)24-18(12)9-25/h2-3,6,14-15,28,30H,4-5,7-10H2,1H3,(H,23,29). The van der Waals surface area contributed by atoms with Crippen LogP contribution in [-0.2, 0) is 29.2 Å². The number of carbonyl (C=O) groups excluding carboxylic acids is 2. The van der Waals surface area contributed by atoms with Crippen LogP contribution in [0.2, 0.25) is 0 Å². The number of fused-ring (bicyclic) bond motifs is 1. The Bertz CT molecular complexity index is 999. The summed E-state index contributed by atoms with van der Waals surface area (Å²) in [4.78, 5) is 25.8. The van der Waals surface area contributed by atoms with Crippen LogP contribution in [0.3, 0.4) is 0 Å². The highest BCUT2D eigenvalue weighted by Gasteiger charge is 2.34. The number of ether oxygens (including phenoxy) is 1. The number of rotatable bonds is 7. The fourth-order valence-electron chi connectivity index (χ4n) is 3.84. The molecule has 2 aliphatic rings. The van der Waals surface area contributed by atoms with Crippen LogP contribution in [0.4, 0.5) is 25.0 Å². The third-order valence-electron chi connectivity index (χ3n) is 5.32. The molecule has 172 valence electrons. The molecule has 3 heterocycles. The normalized spacial score (nSPS) is 18.7. The van der Waals surface area contributed by atoms with Crippen LogP contribution in [0.15, 0.2) is 18.3 Å². The Hall–Kier alpha value is -3.25. The highest BCUT2D eigenvalue weighted by molar-refractivity contribution is 5.90. The molecule has 10 nitrogen and oxygen atoms in total. The molecule has 2 unspecified atom stereocenters. The maximum atomic E-state index is 14.9. The third kappa shape index (κ3) is 4.36. The van der Waals surface area contributed by atoms with Crippen molar-refractivity contribution in [2.75, 3.05) is 29.5 Å². The molecule has 1 saturated heterocycles. The summed E-state index contributed by atoms with van der Waals surface area (Å²) >= 11 is 0. The van der Waals surface area contributed by atoms with Crippen molar-refractivity contribution in [3.63, 3.8) is 0 Å². The molecule has 3 N–H and O–H groups in total. The lowest BCUT2D eigenvalue weighted by atomic mass is 10.2. The van der Waals surface area contributed by atoms with Gasteiger partial charge in [0.15, 0.2) is 11.6 Å². The van der Waals surface area contributed by atoms with Crippen LogP contribution < -0.4 is 15.1 Å². The van der Waals surface area contributed by atoms with Crippen molar-refractivity contribution >= 4 is 23.4 Å². The van der Waals surface area contributed by atoms with Gasteiger partial charge in [0.05, 0.1) is 50.3 Å². The van der Waals surface area contributed by atoms with E-state index in [-0.39, 0.29) is 50.0 Å². The predicted octanol–water partition coefficient (Wildman–Crippen LogP) is 0.496. The Morgan fingerprint density at radius 2 is 2.06 bits per heavy atom. The number of carbonyl (C=O) groups is 2. The predicted molar refractivity (Wildman–Crippen MR) is 108 cm³/mol. The quantitative estimate of drug-likeness (QED) is 0.561. The van der Waals surface area contributed by atoms with E-state index in [4.69, 9.17) is 9.84 Å². The Labute approximate surface area is 182 Å². The summed E-state index contributed by atoms with van der Waals surface area (Å²) in [6.07, 6.45) is -0.628. The maximum Gasteiger partial charge on any atom is 0.414 e. The van der Waals surface area contributed by atoms with Gasteiger partial charge in [-0.1, -0.05) is 0 Å². The first-order valence-electron chi connectivity index (χ1n) is 10.1. The van der Waals surface area contributed by atoms with Gasteiger partial charge in [0.25, 0.3) is 0 Å². The summed E-state index contributed by atoms with van der Waals surface area (Å²) in [5.74, 6) is -1.93. The number of hydrogen-bond acceptors (Lipinski definition) is 7. The number of cyclic esters (lactones) is 1. The fraction of sp³-hybridized carbons (Fsp3) is 0.450. The highest BCUT2D eigenvalue weighted by Crippen LogP contribution is 2.35. The smallest absolute Gasteiger partial charge is 0.414 e. The second kappa shape index (κ2) is 8.71. The van der Waals surface area contributed by atoms with E-state index in [2.05, 4.69) is 10.4 Å². The van der Waals surface area contributed by atoms with Crippen molar-refractivity contribution < 1.29 is 33.3 Å². The first-order chi connectivity index (χ1) is 15.2. The van der Waals surface area contributed by atoms with Gasteiger partial charge >= 0.3 is 6.09 Å². The van der Waals surface area contributed by atoms with Crippen LogP contribution in [0.5, 0.6) is 0 Å². The van der Waals surface area contributed by atoms with Crippen LogP contribution in [0, 0.1) is 11.6 Å². The zero-order chi connectivity index (χ0) is 23.0. The fourth-order valence-corrected chi connectivity index (χ4v) is 3.84. The van der Waals surface area contributed by atoms with Gasteiger partial charge in [0, 0.05) is 37.4 Å². The van der Waals surface area contributed by atoms with E-state index in [1.54, 1.807) is 6.20 Å². The van der Waals surface area contributed by atoms with Gasteiger partial charge < -0.3 is 25.2 Å². The molecule has 1 aromatic heterocycles. The number of anilines is 2. The summed E-state index contributed by atoms with van der Waals surface area (Å²) in [5, 5.41) is 25.3. The summed E-state index contributed by atoms with van der Waals surface area (Å²) in [7, 11) is 0. The number of nitrogens with one attached hydrogen (secondary N) is 1. The number of halogens is 2. The van der Waals surface area contributed by atoms with E-state index in [0.717, 1.165) is 22.6 Å². The molecule has 12 heteroatoms. The Morgan fingerprint density at radius 1 is 1.34 bits per heavy atom. The van der Waals surface area contributed by atoms with E-state index in [9.17, 15) is 23.5 Å². The van der Waals surface area contributed by atoms with Gasteiger partial charge in [-0.05, 0) is 0 Å². The minimum absolute atomic E-state index is 0.0270. The summed E-state index contributed by atoms with van der Waals surface area (Å²) in [6, 6.07) is 2.16. The van der Waals surface area contributed by atoms with Gasteiger partial charge in [-0.25, -0.2) is 13.6 Å². The average Bonchev–Trinajstić information content (AvgIpc) is 3.38. The maximum absolute atomic E-state index is 14.9. The molecule has 2 aliphatic heterocycles. The third-order valence-corrected chi connectivity index (χ3v) is 5.32. The van der Waals surface area contributed by atoms with Gasteiger partial charge in [0.2, 0.25) is 5.91 Å². The molecule has 4 rings (SSSR count). The van der Waals surface area contributed by atoms with E-state index < -0.39 is 36.5 Å². The SMILES string of the molecule is CC(=O)NCC1CN(c2cc(F)c(N3Cc4cn(CC(O)CO)nc4C3)c(F)c2)C(=O)O1. The molecule has 2 atom stereocenters. The first kappa shape index (κ1) is 22.0. The van der Waals surface area contributed by atoms with E-state index in [1.165, 1.54) is 16.5 Å². The first-order valence-corrected chi connectivity index (χ1v) is 10.1. The molecule has 32 heavy (non-hydrogen) atoms. The number of nitrogens with zero attached hydrogens (tertiary/aromatic N) is 4. The lowest BCUT2D eigenvalue weighted by Crippen LogP contribution is -2.33. The lowest BCUT2D eigenvalue weighted by Gasteiger charge is -2.22. The van der Waals surface area contributed by atoms with Gasteiger partial charge in [0.1, 0.15) is 11.8 Å². The highest BCUT2D eigenvalue weighted by atomic mass is 19.1. The average molecular weight is 451 g/mol. The second-order valence-corrected chi connectivity index (χ2v) is 7.83. The topological polar surface area (TPSA) is 120 Å². The Balaban J connectivity index is 1.47. The van der Waals surface area contributed by atoms with E-state index >= 15 is 0 Å². The summed E-state index contributed by atoms with van der Waals surface area (Å²) < 4.78 is 36.5. The van der Waals surface area contributed by atoms with Crippen molar-refractivity contribution in [1.82, 2.24) is 15.1 Å². The molecule has 2 aromatic rings. The van der Waals surface area contributed by atoms with E-state index in [1.807, 2.05) is 0 Å². The van der Waals surface area contributed by atoms with Crippen LogP contribution in [-0.4, -0.2) is 63.9 Å². The van der Waals surface area contributed by atoms with Crippen LogP contribution >= 0.6 is 0 Å². The van der Waals surface area contributed by atoms with Crippen molar-refractivity contribution in [3.05, 3.63) is 41.2 Å². The molecule has 0 bridgehead atoms. The number of aliphatic hydroxyl groups excluding tert-OH is 2. The lowest BCUT2D eigenvalue weighted by molar-refractivity contribution is -0.119. The largest absolute Gasteiger partial charge is 0.442 e. The molecular formula is C20H23F2N5O5. The second-order valence-electron chi connectivity index (χ2n) is 7.83. The van der Waals surface area contributed by atoms with Crippen LogP contribution in [0.1, 0.15) is 18.2 Å². The molecule has 0 spiro atoms. The molecule has 0 radical (unpaired) electrons. The number of aromatic nitrogens is 2. The Morgan fingerprint density at radius 3 is 2.69 bits per heavy atom. The van der Waals surface area contributed by atoms with E-state index in [0.29, 0.717) is 5.69 Å². The minimum atomic E-state index is -0.941. The number of amides is 2. The minimum Gasteiger partial charge on any atom is -0.442 e. The number of benzene rings is 1. The van der Waals surface area contributed by atoms with Crippen molar-refractivity contribution in [2.24, 2.45) is 0 Å². The summed E-state index contributed by atoms with van der Waals surface area (Å²) in [6.45, 7) is 1.63.